The highest BCUT2D eigenvalue weighted by Crippen LogP contribution is 2.70. The molecule has 0 unspecified atom stereocenters. The minimum atomic E-state index is -0.381. The van der Waals surface area contributed by atoms with Crippen LogP contribution in [0.4, 0.5) is 0 Å². The van der Waals surface area contributed by atoms with Crippen LogP contribution in [0.15, 0.2) is 0 Å². The van der Waals surface area contributed by atoms with E-state index in [1.807, 2.05) is 0 Å². The minimum absolute atomic E-state index is 0.183. The molecule has 0 aromatic rings. The highest BCUT2D eigenvalue weighted by Gasteiger charge is 2.65. The molecule has 0 aromatic carbocycles. The van der Waals surface area contributed by atoms with Crippen molar-refractivity contribution >= 4 is 0 Å². The molecule has 0 bridgehead atoms. The molecule has 0 radical (unpaired) electrons. The predicted octanol–water partition coefficient (Wildman–Crippen LogP) is 5.33. The van der Waals surface area contributed by atoms with Gasteiger partial charge in [-0.3, -0.25) is 0 Å². The molecule has 5 aliphatic rings. The molecule has 4 aliphatic carbocycles. The van der Waals surface area contributed by atoms with Crippen LogP contribution in [0.3, 0.4) is 0 Å². The average molecular weight is 347 g/mol. The molecule has 2 heteroatoms. The molecule has 142 valence electrons. The van der Waals surface area contributed by atoms with Gasteiger partial charge < -0.3 is 9.84 Å². The highest BCUT2D eigenvalue weighted by molar-refractivity contribution is 5.15. The lowest BCUT2D eigenvalue weighted by molar-refractivity contribution is -0.157. The van der Waals surface area contributed by atoms with Crippen molar-refractivity contribution in [2.45, 2.75) is 103 Å². The smallest absolute Gasteiger partial charge is 0.0919 e. The van der Waals surface area contributed by atoms with Gasteiger partial charge in [0.1, 0.15) is 0 Å². The molecule has 25 heavy (non-hydrogen) atoms. The topological polar surface area (TPSA) is 32.8 Å². The average Bonchev–Trinajstić information content (AvgIpc) is 3.28. The molecule has 5 fully saturated rings. The number of epoxide rings is 1. The van der Waals surface area contributed by atoms with Crippen molar-refractivity contribution in [3.05, 3.63) is 0 Å². The Morgan fingerprint density at radius 3 is 2.44 bits per heavy atom. The lowest BCUT2D eigenvalue weighted by Crippen LogP contribution is -2.57. The van der Waals surface area contributed by atoms with Crippen LogP contribution in [0.1, 0.15) is 91.4 Å². The van der Waals surface area contributed by atoms with Crippen molar-refractivity contribution in [1.29, 1.82) is 0 Å². The fourth-order valence-corrected chi connectivity index (χ4v) is 8.61. The van der Waals surface area contributed by atoms with Gasteiger partial charge in [0.05, 0.1) is 17.8 Å². The minimum Gasteiger partial charge on any atom is -0.389 e. The lowest BCUT2D eigenvalue weighted by Gasteiger charge is -2.61. The molecule has 1 saturated heterocycles. The van der Waals surface area contributed by atoms with Crippen molar-refractivity contribution in [2.24, 2.45) is 34.5 Å². The van der Waals surface area contributed by atoms with Gasteiger partial charge in [-0.05, 0) is 98.7 Å². The molecule has 1 N–H and O–H groups in total. The summed E-state index contributed by atoms with van der Waals surface area (Å²) in [5.74, 6) is 3.45. The van der Waals surface area contributed by atoms with E-state index in [1.165, 1.54) is 51.4 Å². The number of fused-ring (bicyclic) bond motifs is 5. The van der Waals surface area contributed by atoms with Gasteiger partial charge in [-0.1, -0.05) is 27.2 Å². The molecule has 8 atom stereocenters. The second kappa shape index (κ2) is 5.25. The fraction of sp³-hybridized carbons (Fsp3) is 1.00. The van der Waals surface area contributed by atoms with E-state index in [2.05, 4.69) is 20.8 Å². The summed E-state index contributed by atoms with van der Waals surface area (Å²) in [4.78, 5) is 0. The summed E-state index contributed by atoms with van der Waals surface area (Å²) in [6.45, 7) is 8.38. The largest absolute Gasteiger partial charge is 0.389 e. The third-order valence-corrected chi connectivity index (χ3v) is 10.3. The second-order valence-electron chi connectivity index (χ2n) is 11.1. The van der Waals surface area contributed by atoms with Gasteiger partial charge in [0.2, 0.25) is 0 Å². The molecule has 5 rings (SSSR count). The van der Waals surface area contributed by atoms with Crippen LogP contribution in [0.2, 0.25) is 0 Å². The van der Waals surface area contributed by atoms with Crippen molar-refractivity contribution < 1.29 is 9.84 Å². The Labute approximate surface area is 154 Å². The molecule has 0 aromatic heterocycles. The van der Waals surface area contributed by atoms with Gasteiger partial charge in [0, 0.05) is 0 Å². The van der Waals surface area contributed by atoms with E-state index in [1.54, 1.807) is 0 Å². The number of aliphatic hydroxyl groups is 1. The van der Waals surface area contributed by atoms with Gasteiger partial charge >= 0.3 is 0 Å². The lowest BCUT2D eigenvalue weighted by atomic mass is 9.44. The Bertz CT molecular complexity index is 554. The molecule has 4 saturated carbocycles. The van der Waals surface area contributed by atoms with E-state index < -0.39 is 0 Å². The van der Waals surface area contributed by atoms with Crippen LogP contribution in [0, 0.1) is 34.5 Å². The quantitative estimate of drug-likeness (QED) is 0.686. The SMILES string of the molecule is CCC[C@]1(O)CC[C@@H]2[C@@H]3CC[C@@H]4C[C@@]5(CC[C@]4(C)[C@H]3CC[C@@]21C)CO5. The second-order valence-corrected chi connectivity index (χ2v) is 11.1. The summed E-state index contributed by atoms with van der Waals surface area (Å²) in [6.07, 6.45) is 14.0. The molecule has 2 nitrogen and oxygen atoms in total. The van der Waals surface area contributed by atoms with E-state index in [9.17, 15) is 5.11 Å². The van der Waals surface area contributed by atoms with E-state index >= 15 is 0 Å². The summed E-state index contributed by atoms with van der Waals surface area (Å²) < 4.78 is 5.87. The van der Waals surface area contributed by atoms with Crippen LogP contribution >= 0.6 is 0 Å². The first-order chi connectivity index (χ1) is 11.9. The Morgan fingerprint density at radius 2 is 1.72 bits per heavy atom. The summed E-state index contributed by atoms with van der Waals surface area (Å²) in [5.41, 5.74) is 0.665. The van der Waals surface area contributed by atoms with Crippen LogP contribution < -0.4 is 0 Å². The number of rotatable bonds is 2. The molecule has 0 amide bonds. The van der Waals surface area contributed by atoms with Gasteiger partial charge in [-0.25, -0.2) is 0 Å². The maximum atomic E-state index is 11.5. The molecule has 1 heterocycles. The number of ether oxygens (including phenoxy) is 1. The van der Waals surface area contributed by atoms with Crippen molar-refractivity contribution in [3.63, 3.8) is 0 Å². The third-order valence-electron chi connectivity index (χ3n) is 10.3. The zero-order valence-electron chi connectivity index (χ0n) is 16.7. The fourth-order valence-electron chi connectivity index (χ4n) is 8.61. The van der Waals surface area contributed by atoms with Crippen molar-refractivity contribution in [1.82, 2.24) is 0 Å². The number of hydrogen-bond donors (Lipinski definition) is 1. The monoisotopic (exact) mass is 346 g/mol. The molecule has 1 spiro atoms. The van der Waals surface area contributed by atoms with Crippen molar-refractivity contribution in [2.75, 3.05) is 6.61 Å². The molecular formula is C23H38O2. The van der Waals surface area contributed by atoms with Gasteiger partial charge in [-0.2, -0.15) is 0 Å². The predicted molar refractivity (Wildman–Crippen MR) is 100 cm³/mol. The Balaban J connectivity index is 1.42. The van der Waals surface area contributed by atoms with Crippen LogP contribution in [-0.4, -0.2) is 22.9 Å². The van der Waals surface area contributed by atoms with E-state index in [4.69, 9.17) is 4.74 Å². The highest BCUT2D eigenvalue weighted by atomic mass is 16.6. The van der Waals surface area contributed by atoms with E-state index in [0.717, 1.165) is 49.5 Å². The van der Waals surface area contributed by atoms with Crippen molar-refractivity contribution in [3.8, 4) is 0 Å². The first-order valence-corrected chi connectivity index (χ1v) is 11.2. The molecular weight excluding hydrogens is 308 g/mol. The zero-order valence-corrected chi connectivity index (χ0v) is 16.7. The van der Waals surface area contributed by atoms with Gasteiger partial charge in [-0.15, -0.1) is 0 Å². The Morgan fingerprint density at radius 1 is 0.960 bits per heavy atom. The van der Waals surface area contributed by atoms with E-state index in [-0.39, 0.29) is 11.0 Å². The third kappa shape index (κ3) is 2.16. The Kier molecular flexibility index (Phi) is 3.58. The Hall–Kier alpha value is -0.0800. The zero-order chi connectivity index (χ0) is 17.5. The standard InChI is InChI=1S/C23H38O2/c1-4-9-23(24)11-8-19-17-6-5-16-14-22(15-25-22)13-12-20(16,2)18(17)7-10-21(19,23)3/h16-19,24H,4-15H2,1-3H3/t16-,17-,18+,19-,20+,21+,22+,23+/m1/s1. The summed E-state index contributed by atoms with van der Waals surface area (Å²) in [6, 6.07) is 0. The van der Waals surface area contributed by atoms with E-state index in [0.29, 0.717) is 11.0 Å². The summed E-state index contributed by atoms with van der Waals surface area (Å²) >= 11 is 0. The summed E-state index contributed by atoms with van der Waals surface area (Å²) in [7, 11) is 0. The first kappa shape index (κ1) is 17.0. The van der Waals surface area contributed by atoms with Crippen LogP contribution in [0.5, 0.6) is 0 Å². The first-order valence-electron chi connectivity index (χ1n) is 11.2. The van der Waals surface area contributed by atoms with Crippen LogP contribution in [0.25, 0.3) is 0 Å². The van der Waals surface area contributed by atoms with Gasteiger partial charge in [0.25, 0.3) is 0 Å². The molecule has 1 aliphatic heterocycles. The normalized spacial score (nSPS) is 60.0. The van der Waals surface area contributed by atoms with Crippen LogP contribution in [-0.2, 0) is 4.74 Å². The maximum Gasteiger partial charge on any atom is 0.0919 e. The van der Waals surface area contributed by atoms with Gasteiger partial charge in [0.15, 0.2) is 0 Å². The summed E-state index contributed by atoms with van der Waals surface area (Å²) in [5, 5.41) is 11.5. The number of hydrogen-bond acceptors (Lipinski definition) is 2. The maximum absolute atomic E-state index is 11.5.